The number of carbonyl (C=O) groups is 1. The van der Waals surface area contributed by atoms with Gasteiger partial charge in [0.25, 0.3) is 5.91 Å². The summed E-state index contributed by atoms with van der Waals surface area (Å²) < 4.78 is 4.94. The molecule has 0 saturated carbocycles. The minimum atomic E-state index is -0.00971. The molecule has 1 rings (SSSR count). The molecule has 0 aliphatic heterocycles. The summed E-state index contributed by atoms with van der Waals surface area (Å²) in [6, 6.07) is 5.90. The molecular formula is C15H23NO2. The van der Waals surface area contributed by atoms with Crippen molar-refractivity contribution in [1.82, 2.24) is 5.32 Å². The molecular weight excluding hydrogens is 226 g/mol. The molecule has 1 aromatic rings. The van der Waals surface area contributed by atoms with Crippen molar-refractivity contribution in [3.8, 4) is 0 Å². The average Bonchev–Trinajstić information content (AvgIpc) is 2.33. The summed E-state index contributed by atoms with van der Waals surface area (Å²) in [5, 5.41) is 2.89. The Bertz CT molecular complexity index is 399. The zero-order valence-corrected chi connectivity index (χ0v) is 11.7. The highest BCUT2D eigenvalue weighted by Gasteiger charge is 2.08. The summed E-state index contributed by atoms with van der Waals surface area (Å²) in [6.07, 6.45) is 0.839. The van der Waals surface area contributed by atoms with Crippen LogP contribution in [0.3, 0.4) is 0 Å². The molecule has 1 N–H and O–H groups in total. The second-order valence-corrected chi connectivity index (χ2v) is 4.83. The van der Waals surface area contributed by atoms with Crippen LogP contribution < -0.4 is 5.32 Å². The fourth-order valence-corrected chi connectivity index (χ4v) is 1.99. The number of benzene rings is 1. The fourth-order valence-electron chi connectivity index (χ4n) is 1.99. The van der Waals surface area contributed by atoms with Crippen LogP contribution in [-0.4, -0.2) is 26.2 Å². The van der Waals surface area contributed by atoms with Gasteiger partial charge >= 0.3 is 0 Å². The summed E-state index contributed by atoms with van der Waals surface area (Å²) in [5.74, 6) is 0.480. The largest absolute Gasteiger partial charge is 0.385 e. The molecule has 0 unspecified atom stereocenters. The SMILES string of the molecule is COCCCNC(=O)c1ccc(C(C)C)c(C)c1. The van der Waals surface area contributed by atoms with Gasteiger partial charge in [0.15, 0.2) is 0 Å². The molecule has 0 heterocycles. The third kappa shape index (κ3) is 4.15. The predicted octanol–water partition coefficient (Wildman–Crippen LogP) is 2.88. The van der Waals surface area contributed by atoms with Gasteiger partial charge in [-0.3, -0.25) is 4.79 Å². The van der Waals surface area contributed by atoms with E-state index < -0.39 is 0 Å². The van der Waals surface area contributed by atoms with Crippen LogP contribution in [0.15, 0.2) is 18.2 Å². The highest BCUT2D eigenvalue weighted by atomic mass is 16.5. The van der Waals surface area contributed by atoms with Crippen LogP contribution in [0.2, 0.25) is 0 Å². The molecule has 3 nitrogen and oxygen atoms in total. The number of hydrogen-bond acceptors (Lipinski definition) is 2. The van der Waals surface area contributed by atoms with Crippen molar-refractivity contribution in [2.24, 2.45) is 0 Å². The molecule has 0 aliphatic carbocycles. The maximum Gasteiger partial charge on any atom is 0.251 e. The lowest BCUT2D eigenvalue weighted by Crippen LogP contribution is -2.25. The van der Waals surface area contributed by atoms with E-state index in [1.807, 2.05) is 18.2 Å². The van der Waals surface area contributed by atoms with Gasteiger partial charge in [-0.25, -0.2) is 0 Å². The van der Waals surface area contributed by atoms with E-state index in [4.69, 9.17) is 4.74 Å². The molecule has 0 spiro atoms. The van der Waals surface area contributed by atoms with E-state index in [1.165, 1.54) is 11.1 Å². The Morgan fingerprint density at radius 2 is 2.11 bits per heavy atom. The number of carbonyl (C=O) groups excluding carboxylic acids is 1. The first-order valence-corrected chi connectivity index (χ1v) is 6.44. The third-order valence-corrected chi connectivity index (χ3v) is 2.96. The number of rotatable bonds is 6. The van der Waals surface area contributed by atoms with Crippen molar-refractivity contribution in [3.05, 3.63) is 34.9 Å². The Morgan fingerprint density at radius 1 is 1.39 bits per heavy atom. The Labute approximate surface area is 110 Å². The van der Waals surface area contributed by atoms with Crippen LogP contribution in [0.5, 0.6) is 0 Å². The van der Waals surface area contributed by atoms with Gasteiger partial charge in [-0.15, -0.1) is 0 Å². The molecule has 3 heteroatoms. The van der Waals surface area contributed by atoms with Gasteiger partial charge in [-0.1, -0.05) is 19.9 Å². The number of hydrogen-bond donors (Lipinski definition) is 1. The second kappa shape index (κ2) is 7.17. The lowest BCUT2D eigenvalue weighted by Gasteiger charge is -2.11. The smallest absolute Gasteiger partial charge is 0.251 e. The van der Waals surface area contributed by atoms with Gasteiger partial charge in [0.1, 0.15) is 0 Å². The minimum Gasteiger partial charge on any atom is -0.385 e. The first kappa shape index (κ1) is 14.7. The van der Waals surface area contributed by atoms with Gasteiger partial charge in [-0.2, -0.15) is 0 Å². The maximum absolute atomic E-state index is 11.9. The summed E-state index contributed by atoms with van der Waals surface area (Å²) in [4.78, 5) is 11.9. The Kier molecular flexibility index (Phi) is 5.86. The van der Waals surface area contributed by atoms with Crippen LogP contribution in [0.1, 0.15) is 47.7 Å². The average molecular weight is 249 g/mol. The van der Waals surface area contributed by atoms with Crippen molar-refractivity contribution in [3.63, 3.8) is 0 Å². The number of amides is 1. The molecule has 100 valence electrons. The summed E-state index contributed by atoms with van der Waals surface area (Å²) in [5.41, 5.74) is 3.20. The highest BCUT2D eigenvalue weighted by Crippen LogP contribution is 2.19. The topological polar surface area (TPSA) is 38.3 Å². The zero-order chi connectivity index (χ0) is 13.5. The van der Waals surface area contributed by atoms with Crippen molar-refractivity contribution in [2.45, 2.75) is 33.1 Å². The molecule has 0 aliphatic rings. The minimum absolute atomic E-state index is 0.00971. The van der Waals surface area contributed by atoms with E-state index in [-0.39, 0.29) is 5.91 Å². The predicted molar refractivity (Wildman–Crippen MR) is 74.1 cm³/mol. The third-order valence-electron chi connectivity index (χ3n) is 2.96. The molecule has 1 amide bonds. The zero-order valence-electron chi connectivity index (χ0n) is 11.7. The second-order valence-electron chi connectivity index (χ2n) is 4.83. The lowest BCUT2D eigenvalue weighted by atomic mass is 9.96. The van der Waals surface area contributed by atoms with Crippen molar-refractivity contribution >= 4 is 5.91 Å². The monoisotopic (exact) mass is 249 g/mol. The van der Waals surface area contributed by atoms with Crippen molar-refractivity contribution in [2.75, 3.05) is 20.3 Å². The van der Waals surface area contributed by atoms with Crippen LogP contribution in [0.25, 0.3) is 0 Å². The Hall–Kier alpha value is -1.35. The van der Waals surface area contributed by atoms with Gasteiger partial charge in [0.2, 0.25) is 0 Å². The van der Waals surface area contributed by atoms with E-state index >= 15 is 0 Å². The number of aryl methyl sites for hydroxylation is 1. The van der Waals surface area contributed by atoms with Crippen LogP contribution in [0, 0.1) is 6.92 Å². The molecule has 0 radical (unpaired) electrons. The van der Waals surface area contributed by atoms with Crippen LogP contribution in [0.4, 0.5) is 0 Å². The van der Waals surface area contributed by atoms with Gasteiger partial charge in [0, 0.05) is 25.8 Å². The first-order valence-electron chi connectivity index (χ1n) is 6.44. The van der Waals surface area contributed by atoms with E-state index in [1.54, 1.807) is 7.11 Å². The molecule has 0 saturated heterocycles. The van der Waals surface area contributed by atoms with E-state index in [0.717, 1.165) is 12.0 Å². The van der Waals surface area contributed by atoms with Crippen molar-refractivity contribution in [1.29, 1.82) is 0 Å². The first-order chi connectivity index (χ1) is 8.56. The molecule has 1 aromatic carbocycles. The van der Waals surface area contributed by atoms with Gasteiger partial charge in [0.05, 0.1) is 0 Å². The number of ether oxygens (including phenoxy) is 1. The number of methoxy groups -OCH3 is 1. The fraction of sp³-hybridized carbons (Fsp3) is 0.533. The van der Waals surface area contributed by atoms with Gasteiger partial charge in [-0.05, 0) is 42.5 Å². The van der Waals surface area contributed by atoms with Crippen molar-refractivity contribution < 1.29 is 9.53 Å². The molecule has 0 fully saturated rings. The Morgan fingerprint density at radius 3 is 2.67 bits per heavy atom. The van der Waals surface area contributed by atoms with E-state index in [0.29, 0.717) is 19.1 Å². The van der Waals surface area contributed by atoms with E-state index in [2.05, 4.69) is 26.1 Å². The normalized spacial score (nSPS) is 10.7. The molecule has 0 aromatic heterocycles. The summed E-state index contributed by atoms with van der Waals surface area (Å²) in [7, 11) is 1.66. The Balaban J connectivity index is 2.61. The highest BCUT2D eigenvalue weighted by molar-refractivity contribution is 5.94. The van der Waals surface area contributed by atoms with E-state index in [9.17, 15) is 4.79 Å². The maximum atomic E-state index is 11.9. The quantitative estimate of drug-likeness (QED) is 0.787. The molecule has 18 heavy (non-hydrogen) atoms. The van der Waals surface area contributed by atoms with Gasteiger partial charge < -0.3 is 10.1 Å². The van der Waals surface area contributed by atoms with Crippen LogP contribution in [-0.2, 0) is 4.74 Å². The van der Waals surface area contributed by atoms with Crippen LogP contribution >= 0.6 is 0 Å². The summed E-state index contributed by atoms with van der Waals surface area (Å²) >= 11 is 0. The molecule has 0 bridgehead atoms. The molecule has 0 atom stereocenters. The number of nitrogens with one attached hydrogen (secondary N) is 1. The summed E-state index contributed by atoms with van der Waals surface area (Å²) in [6.45, 7) is 7.69. The standard InChI is InChI=1S/C15H23NO2/c1-11(2)14-7-6-13(10-12(14)3)15(17)16-8-5-9-18-4/h6-7,10-11H,5,8-9H2,1-4H3,(H,16,17). The lowest BCUT2D eigenvalue weighted by molar-refractivity contribution is 0.0948.